The van der Waals surface area contributed by atoms with Crippen molar-refractivity contribution in [3.8, 4) is 0 Å². The molecule has 1 heterocycles. The van der Waals surface area contributed by atoms with Crippen LogP contribution in [0.5, 0.6) is 0 Å². The van der Waals surface area contributed by atoms with Gasteiger partial charge in [0.1, 0.15) is 18.0 Å². The summed E-state index contributed by atoms with van der Waals surface area (Å²) >= 11 is 0. The summed E-state index contributed by atoms with van der Waals surface area (Å²) in [5.74, 6) is -1.75. The van der Waals surface area contributed by atoms with Gasteiger partial charge >= 0.3 is 12.1 Å². The second kappa shape index (κ2) is 13.2. The number of amides is 2. The number of hydrogen-bond donors (Lipinski definition) is 5. The van der Waals surface area contributed by atoms with Crippen LogP contribution in [-0.4, -0.2) is 59.9 Å². The molecule has 1 aliphatic heterocycles. The van der Waals surface area contributed by atoms with Crippen LogP contribution in [0, 0.1) is 5.41 Å². The number of carboxylic acids is 1. The first-order chi connectivity index (χ1) is 14.8. The number of carbonyl (C=O) groups is 3. The average Bonchev–Trinajstić information content (AvgIpc) is 3.19. The fraction of sp³-hybridized carbons (Fsp3) is 0.450. The van der Waals surface area contributed by atoms with Gasteiger partial charge in [0, 0.05) is 18.5 Å². The fourth-order valence-electron chi connectivity index (χ4n) is 2.74. The number of nitrogens with one attached hydrogen (secondary N) is 3. The van der Waals surface area contributed by atoms with E-state index in [1.165, 1.54) is 0 Å². The zero-order valence-electron chi connectivity index (χ0n) is 17.6. The Bertz CT molecular complexity index is 845. The molecule has 32 heavy (non-hydrogen) atoms. The normalized spacial score (nSPS) is 15.4. The van der Waals surface area contributed by atoms with Crippen LogP contribution in [0.4, 0.5) is 4.79 Å². The molecule has 0 unspecified atom stereocenters. The van der Waals surface area contributed by atoms with Crippen LogP contribution in [0.1, 0.15) is 43.7 Å². The van der Waals surface area contributed by atoms with Gasteiger partial charge in [-0.1, -0.05) is 42.8 Å². The smallest absolute Gasteiger partial charge is 0.407 e. The van der Waals surface area contributed by atoms with Gasteiger partial charge in [-0.2, -0.15) is 0 Å². The molecule has 0 aliphatic carbocycles. The first kappa shape index (κ1) is 26.7. The maximum absolute atomic E-state index is 12.2. The minimum absolute atomic E-state index is 0. The van der Waals surface area contributed by atoms with Crippen molar-refractivity contribution in [2.75, 3.05) is 13.2 Å². The molecule has 176 valence electrons. The highest BCUT2D eigenvalue weighted by molar-refractivity contribution is 6.02. The third-order valence-corrected chi connectivity index (χ3v) is 4.50. The van der Waals surface area contributed by atoms with Gasteiger partial charge in [-0.15, -0.1) is 12.4 Å². The summed E-state index contributed by atoms with van der Waals surface area (Å²) in [6.07, 6.45) is 0.558. The Labute approximate surface area is 191 Å². The van der Waals surface area contributed by atoms with E-state index >= 15 is 0 Å². The largest absolute Gasteiger partial charge is 0.480 e. The first-order valence-corrected chi connectivity index (χ1v) is 9.90. The molecule has 0 aromatic heterocycles. The number of ether oxygens (including phenoxy) is 1. The molecule has 1 aliphatic rings. The Hall–Kier alpha value is -3.34. The number of nitrogens with zero attached hydrogens (tertiary/aromatic N) is 1. The van der Waals surface area contributed by atoms with Crippen molar-refractivity contribution in [1.82, 2.24) is 10.6 Å². The average molecular weight is 470 g/mol. The molecule has 2 amide bonds. The van der Waals surface area contributed by atoms with Crippen LogP contribution < -0.4 is 16.4 Å². The number of nitrogen functional groups attached to an aromatic ring is 1. The van der Waals surface area contributed by atoms with Crippen LogP contribution in [0.2, 0.25) is 0 Å². The Kier molecular flexibility index (Phi) is 11.0. The van der Waals surface area contributed by atoms with E-state index in [4.69, 9.17) is 20.7 Å². The highest BCUT2D eigenvalue weighted by Gasteiger charge is 2.26. The van der Waals surface area contributed by atoms with Crippen LogP contribution >= 0.6 is 12.4 Å². The van der Waals surface area contributed by atoms with E-state index in [0.717, 1.165) is 12.0 Å². The van der Waals surface area contributed by atoms with E-state index in [0.29, 0.717) is 24.1 Å². The number of alkyl carbamates (subject to hydrolysis) is 1. The third kappa shape index (κ3) is 8.42. The number of oxime groups is 1. The van der Waals surface area contributed by atoms with Crippen LogP contribution in [0.3, 0.4) is 0 Å². The Morgan fingerprint density at radius 2 is 2.03 bits per heavy atom. The highest BCUT2D eigenvalue weighted by Crippen LogP contribution is 2.19. The number of hydrogen-bond acceptors (Lipinski definition) is 7. The number of nitrogens with two attached hydrogens (primary N) is 1. The molecule has 0 spiro atoms. The van der Waals surface area contributed by atoms with Gasteiger partial charge in [0.2, 0.25) is 5.91 Å². The van der Waals surface area contributed by atoms with E-state index in [1.54, 1.807) is 24.3 Å². The number of carbonyl (C=O) groups excluding carboxylic acids is 2. The second-order valence-electron chi connectivity index (χ2n) is 6.99. The summed E-state index contributed by atoms with van der Waals surface area (Å²) in [6, 6.07) is 5.63. The summed E-state index contributed by atoms with van der Waals surface area (Å²) in [4.78, 5) is 40.4. The lowest BCUT2D eigenvalue weighted by Crippen LogP contribution is -2.48. The van der Waals surface area contributed by atoms with E-state index in [9.17, 15) is 19.5 Å². The van der Waals surface area contributed by atoms with Crippen molar-refractivity contribution in [3.05, 3.63) is 35.4 Å². The predicted octanol–water partition coefficient (Wildman–Crippen LogP) is 1.37. The molecule has 0 fully saturated rings. The number of benzene rings is 1. The SMILES string of the molecule is CCCCOC(=O)N[C@H](CNC(=O)C[C@@H]1CC(c2ccc(C(=N)N)cc2)=NO1)C(=O)O.Cl. The maximum atomic E-state index is 12.2. The topological polar surface area (TPSA) is 176 Å². The van der Waals surface area contributed by atoms with Crippen molar-refractivity contribution in [2.45, 2.75) is 44.8 Å². The standard InChI is InChI=1S/C20H27N5O6.ClH/c1-2-3-8-30-20(29)24-16(19(27)28)11-23-17(26)10-14-9-15(25-31-14)12-4-6-13(7-5-12)18(21)22;/h4-7,14,16H,2-3,8-11H2,1H3,(H3,21,22)(H,23,26)(H,24,29)(H,27,28);1H/t14-,16+;/m0./s1. The maximum Gasteiger partial charge on any atom is 0.407 e. The second-order valence-corrected chi connectivity index (χ2v) is 6.99. The summed E-state index contributed by atoms with van der Waals surface area (Å²) in [5.41, 5.74) is 7.48. The van der Waals surface area contributed by atoms with E-state index in [-0.39, 0.29) is 37.8 Å². The summed E-state index contributed by atoms with van der Waals surface area (Å²) in [7, 11) is 0. The van der Waals surface area contributed by atoms with E-state index < -0.39 is 30.1 Å². The van der Waals surface area contributed by atoms with Crippen molar-refractivity contribution < 1.29 is 29.1 Å². The molecule has 1 aromatic rings. The van der Waals surface area contributed by atoms with Crippen LogP contribution in [-0.2, 0) is 19.2 Å². The molecule has 12 heteroatoms. The van der Waals surface area contributed by atoms with Gasteiger partial charge < -0.3 is 31.0 Å². The quantitative estimate of drug-likeness (QED) is 0.184. The summed E-state index contributed by atoms with van der Waals surface area (Å²) in [5, 5.41) is 25.3. The minimum atomic E-state index is -1.31. The monoisotopic (exact) mass is 469 g/mol. The van der Waals surface area contributed by atoms with Crippen LogP contribution in [0.25, 0.3) is 0 Å². The molecular formula is C20H28ClN5O6. The molecule has 0 radical (unpaired) electrons. The Morgan fingerprint density at radius 1 is 1.34 bits per heavy atom. The lowest BCUT2D eigenvalue weighted by atomic mass is 10.0. The van der Waals surface area contributed by atoms with Crippen LogP contribution in [0.15, 0.2) is 29.4 Å². The van der Waals surface area contributed by atoms with Gasteiger partial charge in [-0.25, -0.2) is 9.59 Å². The minimum Gasteiger partial charge on any atom is -0.480 e. The zero-order valence-corrected chi connectivity index (χ0v) is 18.4. The number of halogens is 1. The molecule has 0 saturated heterocycles. The summed E-state index contributed by atoms with van der Waals surface area (Å²) < 4.78 is 4.87. The number of unbranched alkanes of at least 4 members (excludes halogenated alkanes) is 1. The Balaban J connectivity index is 0.00000512. The fourth-order valence-corrected chi connectivity index (χ4v) is 2.74. The molecule has 2 atom stereocenters. The molecule has 11 nitrogen and oxygen atoms in total. The molecule has 2 rings (SSSR count). The molecular weight excluding hydrogens is 442 g/mol. The Morgan fingerprint density at radius 3 is 2.62 bits per heavy atom. The number of carboxylic acid groups (broad SMARTS) is 1. The predicted molar refractivity (Wildman–Crippen MR) is 119 cm³/mol. The van der Waals surface area contributed by atoms with Crippen molar-refractivity contribution in [2.24, 2.45) is 10.9 Å². The van der Waals surface area contributed by atoms with Gasteiger partial charge in [0.25, 0.3) is 0 Å². The lowest BCUT2D eigenvalue weighted by Gasteiger charge is -2.16. The molecule has 6 N–H and O–H groups in total. The first-order valence-electron chi connectivity index (χ1n) is 9.90. The van der Waals surface area contributed by atoms with Gasteiger partial charge in [-0.05, 0) is 12.0 Å². The van der Waals surface area contributed by atoms with Crippen molar-refractivity contribution >= 4 is 41.9 Å². The van der Waals surface area contributed by atoms with Crippen molar-refractivity contribution in [3.63, 3.8) is 0 Å². The molecule has 0 saturated carbocycles. The highest BCUT2D eigenvalue weighted by atomic mass is 35.5. The zero-order chi connectivity index (χ0) is 22.8. The van der Waals surface area contributed by atoms with Gasteiger partial charge in [0.05, 0.1) is 18.7 Å². The lowest BCUT2D eigenvalue weighted by molar-refractivity contribution is -0.139. The van der Waals surface area contributed by atoms with E-state index in [2.05, 4.69) is 15.8 Å². The van der Waals surface area contributed by atoms with Crippen molar-refractivity contribution in [1.29, 1.82) is 5.41 Å². The molecule has 0 bridgehead atoms. The number of amidine groups is 1. The van der Waals surface area contributed by atoms with Gasteiger partial charge in [-0.3, -0.25) is 10.2 Å². The number of aliphatic carboxylic acids is 1. The number of rotatable bonds is 11. The van der Waals surface area contributed by atoms with Gasteiger partial charge in [0.15, 0.2) is 0 Å². The third-order valence-electron chi connectivity index (χ3n) is 4.50. The molecule has 1 aromatic carbocycles. The summed E-state index contributed by atoms with van der Waals surface area (Å²) in [6.45, 7) is 1.84. The van der Waals surface area contributed by atoms with E-state index in [1.807, 2.05) is 6.92 Å².